The number of hydrazine groups is 1. The maximum Gasteiger partial charge on any atom is 0.247 e. The molecule has 0 aliphatic rings. The normalized spacial score (nSPS) is 9.53. The highest BCUT2D eigenvalue weighted by Gasteiger charge is 2.13. The first-order valence-electron chi connectivity index (χ1n) is 3.98. The zero-order valence-electron chi connectivity index (χ0n) is 7.68. The standard InChI is InChI=1S/C9H9F2N3O/c1-2-7(15)13-6-4-3-5(10)8(11)9(6)14-12/h2-4,14H,1,12H2,(H,13,15). The summed E-state index contributed by atoms with van der Waals surface area (Å²) in [6.07, 6.45) is 1.00. The van der Waals surface area contributed by atoms with Crippen LogP contribution < -0.4 is 16.6 Å². The average Bonchev–Trinajstić information content (AvgIpc) is 2.24. The third kappa shape index (κ3) is 2.29. The molecule has 4 N–H and O–H groups in total. The molecule has 80 valence electrons. The molecule has 0 aliphatic carbocycles. The molecule has 0 aliphatic heterocycles. The monoisotopic (exact) mass is 213 g/mol. The summed E-state index contributed by atoms with van der Waals surface area (Å²) in [4.78, 5) is 10.9. The molecule has 0 atom stereocenters. The van der Waals surface area contributed by atoms with Crippen LogP contribution in [0.2, 0.25) is 0 Å². The molecule has 0 saturated heterocycles. The van der Waals surface area contributed by atoms with Gasteiger partial charge in [0.15, 0.2) is 11.6 Å². The number of anilines is 2. The summed E-state index contributed by atoms with van der Waals surface area (Å²) < 4.78 is 25.9. The Morgan fingerprint density at radius 3 is 2.67 bits per heavy atom. The van der Waals surface area contributed by atoms with Crippen molar-refractivity contribution in [2.24, 2.45) is 5.84 Å². The molecule has 4 nitrogen and oxygen atoms in total. The van der Waals surface area contributed by atoms with Crippen molar-refractivity contribution in [3.63, 3.8) is 0 Å². The van der Waals surface area contributed by atoms with Crippen LogP contribution in [-0.2, 0) is 4.79 Å². The number of hydrogen-bond acceptors (Lipinski definition) is 3. The molecule has 0 bridgehead atoms. The van der Waals surface area contributed by atoms with Crippen LogP contribution in [0.15, 0.2) is 24.8 Å². The molecular formula is C9H9F2N3O. The van der Waals surface area contributed by atoms with Gasteiger partial charge in [0, 0.05) is 0 Å². The molecule has 1 aromatic rings. The third-order valence-corrected chi connectivity index (χ3v) is 1.68. The summed E-state index contributed by atoms with van der Waals surface area (Å²) in [6, 6.07) is 2.07. The summed E-state index contributed by atoms with van der Waals surface area (Å²) in [5.74, 6) is 2.25. The molecule has 0 heterocycles. The number of rotatable bonds is 3. The molecule has 0 unspecified atom stereocenters. The van der Waals surface area contributed by atoms with Crippen LogP contribution in [-0.4, -0.2) is 5.91 Å². The van der Waals surface area contributed by atoms with E-state index >= 15 is 0 Å². The Morgan fingerprint density at radius 2 is 2.13 bits per heavy atom. The van der Waals surface area contributed by atoms with Gasteiger partial charge in [-0.3, -0.25) is 10.6 Å². The molecule has 15 heavy (non-hydrogen) atoms. The number of nitrogens with two attached hydrogens (primary N) is 1. The lowest BCUT2D eigenvalue weighted by atomic mass is 10.2. The lowest BCUT2D eigenvalue weighted by molar-refractivity contribution is -0.111. The summed E-state index contributed by atoms with van der Waals surface area (Å²) in [5, 5.41) is 2.27. The van der Waals surface area contributed by atoms with E-state index in [1.165, 1.54) is 6.07 Å². The van der Waals surface area contributed by atoms with Crippen LogP contribution in [0, 0.1) is 11.6 Å². The Hall–Kier alpha value is -1.95. The molecule has 0 spiro atoms. The highest BCUT2D eigenvalue weighted by molar-refractivity contribution is 6.01. The van der Waals surface area contributed by atoms with Crippen LogP contribution in [0.3, 0.4) is 0 Å². The number of carbonyl (C=O) groups excluding carboxylic acids is 1. The number of amides is 1. The van der Waals surface area contributed by atoms with Gasteiger partial charge in [-0.25, -0.2) is 8.78 Å². The fourth-order valence-electron chi connectivity index (χ4n) is 0.980. The van der Waals surface area contributed by atoms with Crippen LogP contribution in [0.25, 0.3) is 0 Å². The van der Waals surface area contributed by atoms with E-state index in [-0.39, 0.29) is 11.4 Å². The fourth-order valence-corrected chi connectivity index (χ4v) is 0.980. The highest BCUT2D eigenvalue weighted by atomic mass is 19.2. The number of benzene rings is 1. The Morgan fingerprint density at radius 1 is 1.47 bits per heavy atom. The van der Waals surface area contributed by atoms with Crippen molar-refractivity contribution in [1.29, 1.82) is 0 Å². The number of halogens is 2. The minimum atomic E-state index is -1.15. The van der Waals surface area contributed by atoms with Crippen molar-refractivity contribution in [1.82, 2.24) is 0 Å². The van der Waals surface area contributed by atoms with Crippen molar-refractivity contribution < 1.29 is 13.6 Å². The zero-order valence-corrected chi connectivity index (χ0v) is 7.68. The molecule has 0 saturated carbocycles. The number of carbonyl (C=O) groups is 1. The van der Waals surface area contributed by atoms with E-state index in [4.69, 9.17) is 5.84 Å². The minimum absolute atomic E-state index is 0.0429. The SMILES string of the molecule is C=CC(=O)Nc1ccc(F)c(F)c1NN. The molecule has 1 aromatic carbocycles. The Labute approximate surface area is 84.7 Å². The van der Waals surface area contributed by atoms with Gasteiger partial charge >= 0.3 is 0 Å². The summed E-state index contributed by atoms with van der Waals surface area (Å²) in [6.45, 7) is 3.22. The second kappa shape index (κ2) is 4.52. The minimum Gasteiger partial charge on any atom is -0.321 e. The van der Waals surface area contributed by atoms with Gasteiger partial charge in [0.1, 0.15) is 5.69 Å². The van der Waals surface area contributed by atoms with Crippen LogP contribution in [0.5, 0.6) is 0 Å². The van der Waals surface area contributed by atoms with Crippen molar-refractivity contribution in [2.45, 2.75) is 0 Å². The van der Waals surface area contributed by atoms with E-state index in [1.54, 1.807) is 0 Å². The molecule has 1 amide bonds. The highest BCUT2D eigenvalue weighted by Crippen LogP contribution is 2.26. The van der Waals surface area contributed by atoms with Gasteiger partial charge in [-0.05, 0) is 18.2 Å². The summed E-state index contributed by atoms with van der Waals surface area (Å²) in [5.41, 5.74) is 1.70. The topological polar surface area (TPSA) is 67.2 Å². The summed E-state index contributed by atoms with van der Waals surface area (Å²) >= 11 is 0. The van der Waals surface area contributed by atoms with Crippen LogP contribution >= 0.6 is 0 Å². The van der Waals surface area contributed by atoms with E-state index < -0.39 is 17.5 Å². The Bertz CT molecular complexity index is 407. The largest absolute Gasteiger partial charge is 0.321 e. The summed E-state index contributed by atoms with van der Waals surface area (Å²) in [7, 11) is 0. The van der Waals surface area contributed by atoms with Gasteiger partial charge in [0.05, 0.1) is 5.69 Å². The third-order valence-electron chi connectivity index (χ3n) is 1.68. The van der Waals surface area contributed by atoms with Crippen molar-refractivity contribution >= 4 is 17.3 Å². The maximum absolute atomic E-state index is 13.1. The predicted molar refractivity (Wildman–Crippen MR) is 53.0 cm³/mol. The van der Waals surface area contributed by atoms with E-state index in [0.717, 1.165) is 12.1 Å². The van der Waals surface area contributed by atoms with E-state index in [1.807, 2.05) is 5.43 Å². The first-order chi connectivity index (χ1) is 7.10. The van der Waals surface area contributed by atoms with Crippen molar-refractivity contribution in [2.75, 3.05) is 10.7 Å². The first kappa shape index (κ1) is 11.1. The lowest BCUT2D eigenvalue weighted by Gasteiger charge is -2.10. The lowest BCUT2D eigenvalue weighted by Crippen LogP contribution is -2.15. The number of hydrogen-bond donors (Lipinski definition) is 3. The fraction of sp³-hybridized carbons (Fsp3) is 0. The number of nitrogens with one attached hydrogen (secondary N) is 2. The first-order valence-corrected chi connectivity index (χ1v) is 3.98. The molecule has 0 radical (unpaired) electrons. The molecular weight excluding hydrogens is 204 g/mol. The van der Waals surface area contributed by atoms with Gasteiger partial charge < -0.3 is 10.7 Å². The molecule has 6 heteroatoms. The van der Waals surface area contributed by atoms with E-state index in [2.05, 4.69) is 11.9 Å². The van der Waals surface area contributed by atoms with Gasteiger partial charge in [0.25, 0.3) is 0 Å². The van der Waals surface area contributed by atoms with Gasteiger partial charge in [-0.2, -0.15) is 0 Å². The van der Waals surface area contributed by atoms with Gasteiger partial charge in [-0.15, -0.1) is 0 Å². The van der Waals surface area contributed by atoms with Crippen LogP contribution in [0.1, 0.15) is 0 Å². The van der Waals surface area contributed by atoms with Crippen molar-refractivity contribution in [3.05, 3.63) is 36.4 Å². The predicted octanol–water partition coefficient (Wildman–Crippen LogP) is 1.37. The zero-order chi connectivity index (χ0) is 11.4. The second-order valence-corrected chi connectivity index (χ2v) is 2.62. The van der Waals surface area contributed by atoms with Crippen molar-refractivity contribution in [3.8, 4) is 0 Å². The van der Waals surface area contributed by atoms with Gasteiger partial charge in [-0.1, -0.05) is 6.58 Å². The average molecular weight is 213 g/mol. The quantitative estimate of drug-likeness (QED) is 0.403. The van der Waals surface area contributed by atoms with Gasteiger partial charge in [0.2, 0.25) is 5.91 Å². The maximum atomic E-state index is 13.1. The van der Waals surface area contributed by atoms with E-state index in [0.29, 0.717) is 0 Å². The van der Waals surface area contributed by atoms with Crippen LogP contribution in [0.4, 0.5) is 20.2 Å². The molecule has 0 aromatic heterocycles. The second-order valence-electron chi connectivity index (χ2n) is 2.62. The van der Waals surface area contributed by atoms with E-state index in [9.17, 15) is 13.6 Å². The Balaban J connectivity index is 3.13. The Kier molecular flexibility index (Phi) is 3.35. The smallest absolute Gasteiger partial charge is 0.247 e. The molecule has 1 rings (SSSR count). The molecule has 0 fully saturated rings. The number of nitrogen functional groups attached to an aromatic ring is 1.